The molecule has 1 aliphatic carbocycles. The van der Waals surface area contributed by atoms with Crippen LogP contribution < -0.4 is 0 Å². The Kier molecular flexibility index (Phi) is 15.9. The number of hydrogen-bond acceptors (Lipinski definition) is 8. The summed E-state index contributed by atoms with van der Waals surface area (Å²) in [6.07, 6.45) is 21.9. The van der Waals surface area contributed by atoms with Crippen LogP contribution in [0.1, 0.15) is 90.7 Å². The van der Waals surface area contributed by atoms with Gasteiger partial charge in [0.25, 0.3) is 11.8 Å². The third-order valence-corrected chi connectivity index (χ3v) is 12.1. The fraction of sp³-hybridized carbons (Fsp3) is 0.120. The zero-order valence-electron chi connectivity index (χ0n) is 34.0. The van der Waals surface area contributed by atoms with Crippen molar-refractivity contribution in [3.8, 4) is 0 Å². The van der Waals surface area contributed by atoms with Crippen LogP contribution >= 0.6 is 45.9 Å². The van der Waals surface area contributed by atoms with E-state index in [1.165, 1.54) is 62.4 Å². The average Bonchev–Trinajstić information content (AvgIpc) is 4.17. The number of carbonyl (C=O) groups is 3. The molecule has 0 bridgehead atoms. The van der Waals surface area contributed by atoms with Crippen LogP contribution in [0, 0.1) is 5.92 Å². The van der Waals surface area contributed by atoms with Crippen molar-refractivity contribution >= 4 is 100 Å². The lowest BCUT2D eigenvalue weighted by Crippen LogP contribution is -2.14. The molecule has 1 fully saturated rings. The van der Waals surface area contributed by atoms with E-state index in [2.05, 4.69) is 15.3 Å². The quantitative estimate of drug-likeness (QED) is 0.135. The van der Waals surface area contributed by atoms with E-state index in [0.29, 0.717) is 44.1 Å². The SMILES string of the molecule is O=C(CC1CCCC1)n1ccc(/C=C/c2ccccc2)n1.O=C(c1cccs1)n1nccc1/C=C/c1c(Cl)cccc1Cl.O=C(c1ccsc1)n1ccc(/C=C/c2ccccc2)n1. The number of halogens is 2. The van der Waals surface area contributed by atoms with Crippen LogP contribution in [0.3, 0.4) is 0 Å². The van der Waals surface area contributed by atoms with E-state index in [0.717, 1.165) is 22.5 Å². The lowest BCUT2D eigenvalue weighted by Gasteiger charge is -2.06. The first-order valence-corrected chi connectivity index (χ1v) is 22.8. The molecule has 9 nitrogen and oxygen atoms in total. The second-order valence-electron chi connectivity index (χ2n) is 14.3. The van der Waals surface area contributed by atoms with Gasteiger partial charge in [0, 0.05) is 39.8 Å². The summed E-state index contributed by atoms with van der Waals surface area (Å²) < 4.78 is 4.21. The van der Waals surface area contributed by atoms with Gasteiger partial charge in [0.2, 0.25) is 5.91 Å². The molecule has 0 saturated heterocycles. The van der Waals surface area contributed by atoms with Crippen LogP contribution in [0.5, 0.6) is 0 Å². The van der Waals surface area contributed by atoms with Crippen LogP contribution in [-0.2, 0) is 0 Å². The van der Waals surface area contributed by atoms with Gasteiger partial charge in [-0.1, -0.05) is 121 Å². The molecule has 0 unspecified atom stereocenters. The molecule has 0 aliphatic heterocycles. The maximum Gasteiger partial charge on any atom is 0.288 e. The van der Waals surface area contributed by atoms with E-state index in [1.54, 1.807) is 67.1 Å². The minimum atomic E-state index is -0.162. The number of carbonyl (C=O) groups excluding carboxylic acids is 3. The predicted octanol–water partition coefficient (Wildman–Crippen LogP) is 13.2. The molecule has 63 heavy (non-hydrogen) atoms. The van der Waals surface area contributed by atoms with Crippen molar-refractivity contribution < 1.29 is 14.4 Å². The van der Waals surface area contributed by atoms with Crippen molar-refractivity contribution in [2.45, 2.75) is 32.1 Å². The van der Waals surface area contributed by atoms with Crippen molar-refractivity contribution in [1.29, 1.82) is 0 Å². The molecule has 0 radical (unpaired) electrons. The smallest absolute Gasteiger partial charge is 0.273 e. The van der Waals surface area contributed by atoms with Gasteiger partial charge in [0.15, 0.2) is 0 Å². The average molecular weight is 910 g/mol. The molecule has 3 aromatic carbocycles. The van der Waals surface area contributed by atoms with Gasteiger partial charge in [-0.25, -0.2) is 9.36 Å². The van der Waals surface area contributed by atoms with E-state index in [4.69, 9.17) is 23.2 Å². The molecule has 9 rings (SSSR count). The number of aromatic nitrogens is 6. The van der Waals surface area contributed by atoms with E-state index in [1.807, 2.05) is 119 Å². The third-order valence-electron chi connectivity index (χ3n) is 9.90. The van der Waals surface area contributed by atoms with Gasteiger partial charge in [-0.2, -0.15) is 31.3 Å². The van der Waals surface area contributed by atoms with Crippen molar-refractivity contribution in [2.24, 2.45) is 5.92 Å². The van der Waals surface area contributed by atoms with Gasteiger partial charge in [-0.3, -0.25) is 14.4 Å². The third kappa shape index (κ3) is 12.8. The standard InChI is InChI=1S/C18H20N2O.C16H10Cl2N2OS.C16H12N2OS/c21-18(14-16-8-4-5-9-16)20-13-12-17(19-20)11-10-15-6-2-1-3-7-15;17-13-3-1-4-14(18)12(13)7-6-11-8-9-19-20(11)16(21)15-5-2-10-22-15;19-16(14-9-11-20-12-14)18-10-8-15(17-18)7-6-13-4-2-1-3-5-13/h1-3,6-7,10-13,16H,4-5,8-9,14H2;1-10H;1-12H/b11-10+;2*7-6+. The monoisotopic (exact) mass is 908 g/mol. The van der Waals surface area contributed by atoms with E-state index < -0.39 is 0 Å². The Morgan fingerprint density at radius 2 is 1.27 bits per heavy atom. The molecule has 0 N–H and O–H groups in total. The fourth-order valence-corrected chi connectivity index (χ4v) is 8.42. The first kappa shape index (κ1) is 44.6. The van der Waals surface area contributed by atoms with Crippen LogP contribution in [0.2, 0.25) is 10.0 Å². The number of rotatable bonds is 10. The van der Waals surface area contributed by atoms with Gasteiger partial charge in [-0.15, -0.1) is 11.3 Å². The fourth-order valence-electron chi connectivity index (χ4n) is 6.62. The van der Waals surface area contributed by atoms with Crippen molar-refractivity contribution in [3.05, 3.63) is 204 Å². The summed E-state index contributed by atoms with van der Waals surface area (Å²) in [6.45, 7) is 0. The van der Waals surface area contributed by atoms with Gasteiger partial charge in [0.1, 0.15) is 0 Å². The Balaban J connectivity index is 0.000000142. The number of thiophene rings is 2. The maximum absolute atomic E-state index is 12.4. The Morgan fingerprint density at radius 3 is 1.87 bits per heavy atom. The first-order valence-electron chi connectivity index (χ1n) is 20.2. The molecular formula is C50H42Cl2N6O3S2. The summed E-state index contributed by atoms with van der Waals surface area (Å²) in [7, 11) is 0. The number of benzene rings is 3. The molecule has 0 atom stereocenters. The Hall–Kier alpha value is -6.50. The predicted molar refractivity (Wildman–Crippen MR) is 258 cm³/mol. The molecule has 1 saturated carbocycles. The Bertz CT molecular complexity index is 2780. The van der Waals surface area contributed by atoms with E-state index >= 15 is 0 Å². The summed E-state index contributed by atoms with van der Waals surface area (Å²) >= 11 is 15.1. The van der Waals surface area contributed by atoms with Crippen LogP contribution in [0.25, 0.3) is 36.5 Å². The summed E-state index contributed by atoms with van der Waals surface area (Å²) in [5.74, 6) is 0.404. The number of nitrogens with zero attached hydrogens (tertiary/aromatic N) is 6. The molecule has 5 aromatic heterocycles. The molecule has 5 heterocycles. The molecule has 0 amide bonds. The molecule has 1 aliphatic rings. The molecule has 13 heteroatoms. The van der Waals surface area contributed by atoms with Crippen LogP contribution in [0.15, 0.2) is 150 Å². The molecule has 316 valence electrons. The normalized spacial score (nSPS) is 12.7. The molecule has 0 spiro atoms. The largest absolute Gasteiger partial charge is 0.288 e. The topological polar surface area (TPSA) is 105 Å². The molecule has 8 aromatic rings. The van der Waals surface area contributed by atoms with Crippen molar-refractivity contribution in [1.82, 2.24) is 29.3 Å². The maximum atomic E-state index is 12.4. The summed E-state index contributed by atoms with van der Waals surface area (Å²) in [4.78, 5) is 37.2. The number of hydrogen-bond donors (Lipinski definition) is 0. The lowest BCUT2D eigenvalue weighted by molar-refractivity contribution is 0.0863. The van der Waals surface area contributed by atoms with Crippen molar-refractivity contribution in [2.75, 3.05) is 0 Å². The molecular weight excluding hydrogens is 868 g/mol. The second-order valence-corrected chi connectivity index (χ2v) is 16.9. The zero-order valence-corrected chi connectivity index (χ0v) is 37.1. The highest BCUT2D eigenvalue weighted by Gasteiger charge is 2.20. The second kappa shape index (κ2) is 22.6. The minimum Gasteiger partial charge on any atom is -0.273 e. The van der Waals surface area contributed by atoms with E-state index in [9.17, 15) is 14.4 Å². The van der Waals surface area contributed by atoms with Gasteiger partial charge >= 0.3 is 0 Å². The van der Waals surface area contributed by atoms with Crippen molar-refractivity contribution in [3.63, 3.8) is 0 Å². The van der Waals surface area contributed by atoms with Crippen LogP contribution in [0.4, 0.5) is 0 Å². The highest BCUT2D eigenvalue weighted by atomic mass is 35.5. The lowest BCUT2D eigenvalue weighted by atomic mass is 10.0. The summed E-state index contributed by atoms with van der Waals surface area (Å²) in [5, 5.41) is 19.4. The first-order chi connectivity index (χ1) is 30.8. The highest BCUT2D eigenvalue weighted by molar-refractivity contribution is 7.12. The Morgan fingerprint density at radius 1 is 0.635 bits per heavy atom. The van der Waals surface area contributed by atoms with Gasteiger partial charge in [0.05, 0.1) is 33.7 Å². The zero-order chi connectivity index (χ0) is 43.8. The minimum absolute atomic E-state index is 0.106. The van der Waals surface area contributed by atoms with Gasteiger partial charge < -0.3 is 0 Å². The Labute approximate surface area is 383 Å². The van der Waals surface area contributed by atoms with E-state index in [-0.39, 0.29) is 17.7 Å². The van der Waals surface area contributed by atoms with Crippen LogP contribution in [-0.4, -0.2) is 47.1 Å². The summed E-state index contributed by atoms with van der Waals surface area (Å²) in [6, 6.07) is 36.2. The highest BCUT2D eigenvalue weighted by Crippen LogP contribution is 2.28. The summed E-state index contributed by atoms with van der Waals surface area (Å²) in [5.41, 5.74) is 5.85. The van der Waals surface area contributed by atoms with Gasteiger partial charge in [-0.05, 0) is 107 Å².